The first-order valence-electron chi connectivity index (χ1n) is 6.42. The van der Waals surface area contributed by atoms with Gasteiger partial charge in [0, 0.05) is 6.04 Å². The van der Waals surface area contributed by atoms with E-state index in [1.165, 1.54) is 32.1 Å². The highest BCUT2D eigenvalue weighted by Crippen LogP contribution is 2.30. The number of rotatable bonds is 3. The van der Waals surface area contributed by atoms with Crippen molar-refractivity contribution in [1.82, 2.24) is 0 Å². The molecule has 88 valence electrons. The zero-order chi connectivity index (χ0) is 11.4. The van der Waals surface area contributed by atoms with E-state index in [9.17, 15) is 0 Å². The molecule has 0 heterocycles. The van der Waals surface area contributed by atoms with Gasteiger partial charge in [-0.1, -0.05) is 38.3 Å². The second-order valence-corrected chi connectivity index (χ2v) is 4.79. The van der Waals surface area contributed by atoms with Crippen molar-refractivity contribution in [3.05, 3.63) is 24.3 Å². The summed E-state index contributed by atoms with van der Waals surface area (Å²) < 4.78 is 0. The molecule has 2 heteroatoms. The van der Waals surface area contributed by atoms with Gasteiger partial charge < -0.3 is 11.1 Å². The van der Waals surface area contributed by atoms with Gasteiger partial charge in [-0.25, -0.2) is 0 Å². The first-order valence-corrected chi connectivity index (χ1v) is 6.42. The zero-order valence-corrected chi connectivity index (χ0v) is 10.1. The Kier molecular flexibility index (Phi) is 3.70. The van der Waals surface area contributed by atoms with Gasteiger partial charge >= 0.3 is 0 Å². The number of hydrogen-bond acceptors (Lipinski definition) is 2. The summed E-state index contributed by atoms with van der Waals surface area (Å²) >= 11 is 0. The van der Waals surface area contributed by atoms with E-state index in [1.807, 2.05) is 18.2 Å². The van der Waals surface area contributed by atoms with Gasteiger partial charge in [0.05, 0.1) is 11.4 Å². The second-order valence-electron chi connectivity index (χ2n) is 4.79. The summed E-state index contributed by atoms with van der Waals surface area (Å²) in [7, 11) is 0. The molecule has 0 amide bonds. The Hall–Kier alpha value is -1.18. The molecule has 0 radical (unpaired) electrons. The highest BCUT2D eigenvalue weighted by molar-refractivity contribution is 5.66. The van der Waals surface area contributed by atoms with E-state index in [1.54, 1.807) is 0 Å². The average Bonchev–Trinajstić information content (AvgIpc) is 2.33. The molecule has 0 bridgehead atoms. The molecule has 2 atom stereocenters. The van der Waals surface area contributed by atoms with E-state index >= 15 is 0 Å². The molecular formula is C14H22N2. The number of para-hydroxylation sites is 2. The fourth-order valence-corrected chi connectivity index (χ4v) is 2.71. The van der Waals surface area contributed by atoms with E-state index in [2.05, 4.69) is 18.3 Å². The molecule has 0 spiro atoms. The van der Waals surface area contributed by atoms with Gasteiger partial charge in [0.2, 0.25) is 0 Å². The van der Waals surface area contributed by atoms with Crippen LogP contribution in [0.3, 0.4) is 0 Å². The van der Waals surface area contributed by atoms with Crippen molar-refractivity contribution in [3.8, 4) is 0 Å². The van der Waals surface area contributed by atoms with Gasteiger partial charge in [-0.05, 0) is 30.9 Å². The van der Waals surface area contributed by atoms with Gasteiger partial charge in [0.15, 0.2) is 0 Å². The normalized spacial score (nSPS) is 25.3. The minimum Gasteiger partial charge on any atom is -0.397 e. The average molecular weight is 218 g/mol. The predicted molar refractivity (Wildman–Crippen MR) is 70.5 cm³/mol. The fraction of sp³-hybridized carbons (Fsp3) is 0.571. The minimum absolute atomic E-state index is 0.614. The monoisotopic (exact) mass is 218 g/mol. The maximum atomic E-state index is 5.96. The summed E-state index contributed by atoms with van der Waals surface area (Å²) in [5, 5.41) is 3.63. The number of hydrogen-bond donors (Lipinski definition) is 2. The van der Waals surface area contributed by atoms with Crippen LogP contribution in [0.2, 0.25) is 0 Å². The molecule has 0 aliphatic heterocycles. The van der Waals surface area contributed by atoms with E-state index in [-0.39, 0.29) is 0 Å². The molecule has 3 N–H and O–H groups in total. The van der Waals surface area contributed by atoms with Gasteiger partial charge in [-0.2, -0.15) is 0 Å². The summed E-state index contributed by atoms with van der Waals surface area (Å²) in [5.41, 5.74) is 7.93. The third-order valence-electron chi connectivity index (χ3n) is 3.74. The van der Waals surface area contributed by atoms with Crippen LogP contribution in [-0.2, 0) is 0 Å². The summed E-state index contributed by atoms with van der Waals surface area (Å²) in [6.07, 6.45) is 6.65. The lowest BCUT2D eigenvalue weighted by Gasteiger charge is -2.32. The molecular weight excluding hydrogens is 196 g/mol. The Bertz CT molecular complexity index is 335. The van der Waals surface area contributed by atoms with Crippen LogP contribution in [0.4, 0.5) is 11.4 Å². The standard InChI is InChI=1S/C14H22N2/c1-2-11-7-3-5-9-13(11)16-14-10-6-4-8-12(14)15/h4,6,8,10-11,13,16H,2-3,5,7,9,15H2,1H3. The molecule has 1 aromatic rings. The molecule has 1 aromatic carbocycles. The predicted octanol–water partition coefficient (Wildman–Crippen LogP) is 3.65. The van der Waals surface area contributed by atoms with Crippen LogP contribution in [0.15, 0.2) is 24.3 Å². The molecule has 16 heavy (non-hydrogen) atoms. The fourth-order valence-electron chi connectivity index (χ4n) is 2.71. The van der Waals surface area contributed by atoms with Crippen molar-refractivity contribution in [2.45, 2.75) is 45.1 Å². The lowest BCUT2D eigenvalue weighted by molar-refractivity contribution is 0.317. The molecule has 2 unspecified atom stereocenters. The van der Waals surface area contributed by atoms with Gasteiger partial charge in [-0.3, -0.25) is 0 Å². The zero-order valence-electron chi connectivity index (χ0n) is 10.1. The van der Waals surface area contributed by atoms with E-state index in [0.29, 0.717) is 6.04 Å². The molecule has 1 saturated carbocycles. The number of nitrogens with one attached hydrogen (secondary N) is 1. The third-order valence-corrected chi connectivity index (χ3v) is 3.74. The van der Waals surface area contributed by atoms with Crippen LogP contribution in [0.5, 0.6) is 0 Å². The third kappa shape index (κ3) is 2.49. The van der Waals surface area contributed by atoms with Crippen LogP contribution in [0.25, 0.3) is 0 Å². The minimum atomic E-state index is 0.614. The van der Waals surface area contributed by atoms with Crippen molar-refractivity contribution >= 4 is 11.4 Å². The molecule has 0 aromatic heterocycles. The maximum absolute atomic E-state index is 5.96. The van der Waals surface area contributed by atoms with E-state index < -0.39 is 0 Å². The van der Waals surface area contributed by atoms with Crippen molar-refractivity contribution in [2.24, 2.45) is 5.92 Å². The van der Waals surface area contributed by atoms with Crippen LogP contribution >= 0.6 is 0 Å². The van der Waals surface area contributed by atoms with E-state index in [4.69, 9.17) is 5.73 Å². The smallest absolute Gasteiger partial charge is 0.0576 e. The first kappa shape index (κ1) is 11.3. The summed E-state index contributed by atoms with van der Waals surface area (Å²) in [4.78, 5) is 0. The van der Waals surface area contributed by atoms with Crippen molar-refractivity contribution in [2.75, 3.05) is 11.1 Å². The molecule has 2 rings (SSSR count). The Labute approximate surface area is 98.2 Å². The Morgan fingerprint density at radius 3 is 2.75 bits per heavy atom. The van der Waals surface area contributed by atoms with Crippen LogP contribution in [-0.4, -0.2) is 6.04 Å². The molecule has 1 aliphatic carbocycles. The number of anilines is 2. The maximum Gasteiger partial charge on any atom is 0.0576 e. The van der Waals surface area contributed by atoms with E-state index in [0.717, 1.165) is 17.3 Å². The quantitative estimate of drug-likeness (QED) is 0.760. The number of benzene rings is 1. The Balaban J connectivity index is 2.05. The molecule has 2 nitrogen and oxygen atoms in total. The lowest BCUT2D eigenvalue weighted by atomic mass is 9.83. The highest BCUT2D eigenvalue weighted by Gasteiger charge is 2.23. The van der Waals surface area contributed by atoms with Crippen LogP contribution in [0, 0.1) is 5.92 Å². The van der Waals surface area contributed by atoms with Gasteiger partial charge in [0.1, 0.15) is 0 Å². The summed E-state index contributed by atoms with van der Waals surface area (Å²) in [6, 6.07) is 8.69. The SMILES string of the molecule is CCC1CCCCC1Nc1ccccc1N. The largest absolute Gasteiger partial charge is 0.397 e. The summed E-state index contributed by atoms with van der Waals surface area (Å²) in [6.45, 7) is 2.29. The first-order chi connectivity index (χ1) is 7.81. The van der Waals surface area contributed by atoms with Crippen LogP contribution in [0.1, 0.15) is 39.0 Å². The molecule has 1 fully saturated rings. The summed E-state index contributed by atoms with van der Waals surface area (Å²) in [5.74, 6) is 0.813. The topological polar surface area (TPSA) is 38.0 Å². The van der Waals surface area contributed by atoms with Crippen molar-refractivity contribution in [1.29, 1.82) is 0 Å². The van der Waals surface area contributed by atoms with Crippen molar-refractivity contribution < 1.29 is 0 Å². The number of nitrogen functional groups attached to an aromatic ring is 1. The number of nitrogens with two attached hydrogens (primary N) is 1. The van der Waals surface area contributed by atoms with Crippen molar-refractivity contribution in [3.63, 3.8) is 0 Å². The van der Waals surface area contributed by atoms with Gasteiger partial charge in [0.25, 0.3) is 0 Å². The highest BCUT2D eigenvalue weighted by atomic mass is 14.9. The van der Waals surface area contributed by atoms with Gasteiger partial charge in [-0.15, -0.1) is 0 Å². The molecule has 0 saturated heterocycles. The Morgan fingerprint density at radius 1 is 1.25 bits per heavy atom. The Morgan fingerprint density at radius 2 is 2.00 bits per heavy atom. The molecule has 1 aliphatic rings. The lowest BCUT2D eigenvalue weighted by Crippen LogP contribution is -2.32. The second kappa shape index (κ2) is 5.24. The van der Waals surface area contributed by atoms with Crippen LogP contribution < -0.4 is 11.1 Å².